The molecule has 7 rings (SSSR count). The predicted molar refractivity (Wildman–Crippen MR) is 176 cm³/mol. The summed E-state index contributed by atoms with van der Waals surface area (Å²) in [7, 11) is -4.46. The summed E-state index contributed by atoms with van der Waals surface area (Å²) in [4.78, 5) is 12.2. The van der Waals surface area contributed by atoms with Crippen molar-refractivity contribution in [3.05, 3.63) is 123 Å². The number of ether oxygens (including phenoxy) is 1. The zero-order valence-corrected chi connectivity index (χ0v) is 26.6. The zero-order chi connectivity index (χ0) is 33.0. The third-order valence-electron chi connectivity index (χ3n) is 8.19. The first kappa shape index (κ1) is 31.2. The van der Waals surface area contributed by atoms with Gasteiger partial charge in [0.05, 0.1) is 34.9 Å². The van der Waals surface area contributed by atoms with E-state index in [-0.39, 0.29) is 38.2 Å². The number of aromatic nitrogens is 1. The SMILES string of the molecule is O=C(O)c1ccc(-c2cccc(-c3c(-c4ccsc4C4COC4)c4cc(F)ccc4n3S(=O)(=O)c3ccc(C(F)F)cc3)c2)c(Cl)c1. The number of benzene rings is 4. The first-order chi connectivity index (χ1) is 22.5. The van der Waals surface area contributed by atoms with Crippen LogP contribution in [0.15, 0.2) is 101 Å². The molecule has 0 radical (unpaired) electrons. The van der Waals surface area contributed by atoms with Gasteiger partial charge < -0.3 is 9.84 Å². The monoisotopic (exact) mass is 693 g/mol. The number of halogens is 4. The van der Waals surface area contributed by atoms with Crippen LogP contribution in [0.4, 0.5) is 13.2 Å². The molecule has 0 unspecified atom stereocenters. The van der Waals surface area contributed by atoms with Crippen LogP contribution in [0.2, 0.25) is 5.02 Å². The van der Waals surface area contributed by atoms with Gasteiger partial charge in [0.1, 0.15) is 5.82 Å². The molecule has 1 aliphatic heterocycles. The fourth-order valence-electron chi connectivity index (χ4n) is 5.86. The second-order valence-electron chi connectivity index (χ2n) is 11.0. The molecule has 0 amide bonds. The van der Waals surface area contributed by atoms with E-state index in [1.807, 2.05) is 11.4 Å². The summed E-state index contributed by atoms with van der Waals surface area (Å²) in [5.74, 6) is -1.63. The third-order valence-corrected chi connectivity index (χ3v) is 11.3. The Kier molecular flexibility index (Phi) is 7.96. The average Bonchev–Trinajstić information content (AvgIpc) is 3.62. The maximum Gasteiger partial charge on any atom is 0.335 e. The van der Waals surface area contributed by atoms with E-state index in [9.17, 15) is 31.5 Å². The third kappa shape index (κ3) is 5.42. The van der Waals surface area contributed by atoms with Crippen LogP contribution < -0.4 is 0 Å². The van der Waals surface area contributed by atoms with Crippen LogP contribution in [0.1, 0.15) is 33.1 Å². The fraction of sp³-hybridized carbons (Fsp3) is 0.114. The lowest BCUT2D eigenvalue weighted by molar-refractivity contribution is 0.0101. The summed E-state index contributed by atoms with van der Waals surface area (Å²) in [6, 6.07) is 21.4. The number of nitrogens with zero attached hydrogens (tertiary/aromatic N) is 1. The average molecular weight is 694 g/mol. The topological polar surface area (TPSA) is 85.6 Å². The van der Waals surface area contributed by atoms with Crippen LogP contribution in [0.3, 0.4) is 0 Å². The van der Waals surface area contributed by atoms with E-state index >= 15 is 0 Å². The predicted octanol–water partition coefficient (Wildman–Crippen LogP) is 9.48. The van der Waals surface area contributed by atoms with E-state index in [1.54, 1.807) is 30.3 Å². The number of carbonyl (C=O) groups is 1. The van der Waals surface area contributed by atoms with Crippen LogP contribution >= 0.6 is 22.9 Å². The largest absolute Gasteiger partial charge is 0.478 e. The molecule has 6 aromatic rings. The van der Waals surface area contributed by atoms with Gasteiger partial charge >= 0.3 is 5.97 Å². The Morgan fingerprint density at radius 2 is 1.68 bits per heavy atom. The van der Waals surface area contributed by atoms with Gasteiger partial charge in [0.25, 0.3) is 16.4 Å². The highest BCUT2D eigenvalue weighted by Crippen LogP contribution is 2.48. The standard InChI is InChI=1S/C35H23ClF3NO5S2/c36-29-15-22(35(41)42)6-10-26(29)20-2-1-3-21(14-20)32-31(27-12-13-46-33(27)23-17-45-18-23)28-16-24(37)7-11-30(28)40(32)47(43,44)25-8-4-19(5-9-25)34(38)39/h1-16,23,34H,17-18H2,(H,41,42). The van der Waals surface area contributed by atoms with Gasteiger partial charge in [-0.2, -0.15) is 0 Å². The van der Waals surface area contributed by atoms with E-state index in [0.717, 1.165) is 38.7 Å². The minimum atomic E-state index is -4.46. The second kappa shape index (κ2) is 12.0. The van der Waals surface area contributed by atoms with Gasteiger partial charge in [-0.3, -0.25) is 0 Å². The minimum absolute atomic E-state index is 0.00765. The van der Waals surface area contributed by atoms with Gasteiger partial charge in [0, 0.05) is 43.5 Å². The summed E-state index contributed by atoms with van der Waals surface area (Å²) >= 11 is 8.03. The van der Waals surface area contributed by atoms with E-state index in [1.165, 1.54) is 41.7 Å². The molecule has 3 heterocycles. The number of hydrogen-bond acceptors (Lipinski definition) is 5. The van der Waals surface area contributed by atoms with Crippen molar-refractivity contribution in [2.24, 2.45) is 0 Å². The van der Waals surface area contributed by atoms with Crippen LogP contribution in [0, 0.1) is 5.82 Å². The van der Waals surface area contributed by atoms with Crippen molar-refractivity contribution >= 4 is 49.8 Å². The van der Waals surface area contributed by atoms with Crippen LogP contribution in [-0.2, 0) is 14.8 Å². The Hall–Kier alpha value is -4.42. The number of hydrogen-bond donors (Lipinski definition) is 1. The Bertz CT molecular complexity index is 2290. The molecule has 47 heavy (non-hydrogen) atoms. The van der Waals surface area contributed by atoms with Crippen LogP contribution in [0.5, 0.6) is 0 Å². The molecular weight excluding hydrogens is 671 g/mol. The van der Waals surface area contributed by atoms with Gasteiger partial charge in [-0.05, 0) is 71.1 Å². The molecule has 238 valence electrons. The van der Waals surface area contributed by atoms with Crippen molar-refractivity contribution < 1.29 is 36.2 Å². The first-order valence-corrected chi connectivity index (χ1v) is 17.0. The highest BCUT2D eigenvalue weighted by molar-refractivity contribution is 7.90. The number of alkyl halides is 2. The van der Waals surface area contributed by atoms with Gasteiger partial charge in [0.2, 0.25) is 0 Å². The second-order valence-corrected chi connectivity index (χ2v) is 14.2. The van der Waals surface area contributed by atoms with Gasteiger partial charge in [-0.15, -0.1) is 11.3 Å². The summed E-state index contributed by atoms with van der Waals surface area (Å²) in [6.07, 6.45) is -2.78. The quantitative estimate of drug-likeness (QED) is 0.172. The molecule has 0 spiro atoms. The first-order valence-electron chi connectivity index (χ1n) is 14.3. The summed E-state index contributed by atoms with van der Waals surface area (Å²) in [6.45, 7) is 0.982. The van der Waals surface area contributed by atoms with Gasteiger partial charge in [-0.25, -0.2) is 30.4 Å². The Balaban J connectivity index is 1.54. The minimum Gasteiger partial charge on any atom is -0.478 e. The number of fused-ring (bicyclic) bond motifs is 1. The molecule has 4 aromatic carbocycles. The maximum absolute atomic E-state index is 15.0. The van der Waals surface area contributed by atoms with Crippen molar-refractivity contribution in [1.82, 2.24) is 3.97 Å². The number of carboxylic acids is 1. The van der Waals surface area contributed by atoms with Crippen molar-refractivity contribution in [2.45, 2.75) is 17.2 Å². The van der Waals surface area contributed by atoms with E-state index < -0.39 is 28.2 Å². The lowest BCUT2D eigenvalue weighted by Gasteiger charge is -2.26. The smallest absolute Gasteiger partial charge is 0.335 e. The molecule has 1 N–H and O–H groups in total. The summed E-state index contributed by atoms with van der Waals surface area (Å²) in [5.41, 5.74) is 2.88. The number of aromatic carboxylic acids is 1. The normalized spacial score (nSPS) is 13.7. The molecule has 12 heteroatoms. The molecule has 2 aromatic heterocycles. The summed E-state index contributed by atoms with van der Waals surface area (Å²) in [5, 5.41) is 11.8. The highest BCUT2D eigenvalue weighted by Gasteiger charge is 2.33. The van der Waals surface area contributed by atoms with Crippen LogP contribution in [0.25, 0.3) is 44.4 Å². The molecule has 1 fully saturated rings. The van der Waals surface area contributed by atoms with E-state index in [4.69, 9.17) is 16.3 Å². The molecule has 0 bridgehead atoms. The lowest BCUT2D eigenvalue weighted by Crippen LogP contribution is -2.24. The molecule has 6 nitrogen and oxygen atoms in total. The van der Waals surface area contributed by atoms with Crippen molar-refractivity contribution in [3.63, 3.8) is 0 Å². The van der Waals surface area contributed by atoms with E-state index in [0.29, 0.717) is 40.9 Å². The van der Waals surface area contributed by atoms with E-state index in [2.05, 4.69) is 0 Å². The molecule has 1 saturated heterocycles. The highest BCUT2D eigenvalue weighted by atomic mass is 35.5. The van der Waals surface area contributed by atoms with Crippen LogP contribution in [-0.4, -0.2) is 36.7 Å². The van der Waals surface area contributed by atoms with Gasteiger partial charge in [0.15, 0.2) is 0 Å². The lowest BCUT2D eigenvalue weighted by atomic mass is 9.93. The molecular formula is C35H23ClF3NO5S2. The molecule has 1 aliphatic rings. The fourth-order valence-corrected chi connectivity index (χ4v) is 8.67. The van der Waals surface area contributed by atoms with Crippen molar-refractivity contribution in [1.29, 1.82) is 0 Å². The number of thiophene rings is 1. The zero-order valence-electron chi connectivity index (χ0n) is 24.2. The Morgan fingerprint density at radius 3 is 2.34 bits per heavy atom. The molecule has 0 saturated carbocycles. The molecule has 0 aliphatic carbocycles. The summed E-state index contributed by atoms with van der Waals surface area (Å²) < 4.78 is 77.5. The van der Waals surface area contributed by atoms with Gasteiger partial charge in [-0.1, -0.05) is 48.0 Å². The number of rotatable bonds is 8. The van der Waals surface area contributed by atoms with Crippen molar-refractivity contribution in [3.8, 4) is 33.5 Å². The molecule has 0 atom stereocenters. The Morgan fingerprint density at radius 1 is 0.936 bits per heavy atom. The van der Waals surface area contributed by atoms with Crippen molar-refractivity contribution in [2.75, 3.05) is 13.2 Å². The number of carboxylic acid groups (broad SMARTS) is 1. The maximum atomic E-state index is 15.0. The Labute approximate surface area is 276 Å².